The molecule has 6 heteroatoms. The van der Waals surface area contributed by atoms with E-state index in [1.165, 1.54) is 22.0 Å². The van der Waals surface area contributed by atoms with Gasteiger partial charge in [-0.15, -0.1) is 0 Å². The molecule has 0 saturated carbocycles. The maximum atomic E-state index is 11.1. The van der Waals surface area contributed by atoms with Crippen LogP contribution in [0.4, 0.5) is 4.79 Å². The Balaban J connectivity index is 1.79. The number of aromatic amines is 1. The minimum absolute atomic E-state index is 0.136. The second-order valence-electron chi connectivity index (χ2n) is 6.30. The number of benzene rings is 1. The molecule has 116 valence electrons. The molecule has 1 aromatic heterocycles. The van der Waals surface area contributed by atoms with Crippen LogP contribution in [0.15, 0.2) is 22.8 Å². The van der Waals surface area contributed by atoms with E-state index in [1.807, 2.05) is 0 Å². The van der Waals surface area contributed by atoms with Gasteiger partial charge in [-0.05, 0) is 53.0 Å². The number of ether oxygens (including phenoxy) is 1. The standard InChI is InChI=1S/C16H18BrN3O2/c1-20-7-8(22-16(18)21)5-10-9-3-2-4-12-14(9)11(6-13(10)20)15(17)19-12/h2-4,8,10,13,19H,5-7H2,1H3,(H2,18,21)/t8-,10?,13+/m0/s1. The number of H-pyrrole nitrogens is 1. The van der Waals surface area contributed by atoms with E-state index in [0.717, 1.165) is 24.0 Å². The molecule has 5 nitrogen and oxygen atoms in total. The van der Waals surface area contributed by atoms with Gasteiger partial charge in [0.25, 0.3) is 0 Å². The van der Waals surface area contributed by atoms with Crippen molar-refractivity contribution in [1.82, 2.24) is 9.88 Å². The van der Waals surface area contributed by atoms with Gasteiger partial charge in [0.15, 0.2) is 0 Å². The zero-order chi connectivity index (χ0) is 15.4. The van der Waals surface area contributed by atoms with Gasteiger partial charge >= 0.3 is 6.09 Å². The zero-order valence-corrected chi connectivity index (χ0v) is 13.9. The summed E-state index contributed by atoms with van der Waals surface area (Å²) >= 11 is 3.66. The highest BCUT2D eigenvalue weighted by molar-refractivity contribution is 9.10. The fourth-order valence-corrected chi connectivity index (χ4v) is 4.76. The minimum atomic E-state index is -0.684. The smallest absolute Gasteiger partial charge is 0.404 e. The van der Waals surface area contributed by atoms with Crippen molar-refractivity contribution in [2.45, 2.75) is 30.9 Å². The molecule has 3 atom stereocenters. The highest BCUT2D eigenvalue weighted by Crippen LogP contribution is 2.45. The van der Waals surface area contributed by atoms with E-state index < -0.39 is 6.09 Å². The summed E-state index contributed by atoms with van der Waals surface area (Å²) in [7, 11) is 2.10. The number of halogens is 1. The van der Waals surface area contributed by atoms with Crippen molar-refractivity contribution in [3.63, 3.8) is 0 Å². The van der Waals surface area contributed by atoms with Gasteiger partial charge in [0, 0.05) is 29.4 Å². The SMILES string of the molecule is CN1C[C@@H](OC(N)=O)CC2c3cccc4[nH]c(Br)c(c34)C[C@H]21. The Morgan fingerprint density at radius 3 is 3.09 bits per heavy atom. The van der Waals surface area contributed by atoms with Crippen LogP contribution in [0.2, 0.25) is 0 Å². The monoisotopic (exact) mass is 363 g/mol. The molecular formula is C16H18BrN3O2. The van der Waals surface area contributed by atoms with Gasteiger partial charge in [-0.3, -0.25) is 4.90 Å². The van der Waals surface area contributed by atoms with E-state index >= 15 is 0 Å². The van der Waals surface area contributed by atoms with E-state index in [9.17, 15) is 4.79 Å². The van der Waals surface area contributed by atoms with Crippen molar-refractivity contribution in [3.8, 4) is 0 Å². The van der Waals surface area contributed by atoms with Gasteiger partial charge < -0.3 is 15.5 Å². The van der Waals surface area contributed by atoms with Crippen molar-refractivity contribution in [2.24, 2.45) is 5.73 Å². The van der Waals surface area contributed by atoms with Gasteiger partial charge in [-0.1, -0.05) is 12.1 Å². The molecule has 1 aliphatic heterocycles. The first-order chi connectivity index (χ1) is 10.5. The van der Waals surface area contributed by atoms with Gasteiger partial charge in [0.05, 0.1) is 4.60 Å². The van der Waals surface area contributed by atoms with Crippen molar-refractivity contribution >= 4 is 32.9 Å². The molecule has 1 saturated heterocycles. The maximum absolute atomic E-state index is 11.1. The topological polar surface area (TPSA) is 71.3 Å². The molecule has 2 aromatic rings. The number of hydrogen-bond donors (Lipinski definition) is 2. The van der Waals surface area contributed by atoms with Gasteiger partial charge in [0.1, 0.15) is 6.10 Å². The fourth-order valence-electron chi connectivity index (χ4n) is 4.18. The lowest BCUT2D eigenvalue weighted by molar-refractivity contribution is 0.0210. The van der Waals surface area contributed by atoms with Gasteiger partial charge in [-0.2, -0.15) is 0 Å². The van der Waals surface area contributed by atoms with Crippen molar-refractivity contribution in [2.75, 3.05) is 13.6 Å². The molecular weight excluding hydrogens is 346 g/mol. The molecule has 3 N–H and O–H groups in total. The first-order valence-corrected chi connectivity index (χ1v) is 8.29. The van der Waals surface area contributed by atoms with E-state index in [4.69, 9.17) is 10.5 Å². The molecule has 0 bridgehead atoms. The number of nitrogens with one attached hydrogen (secondary N) is 1. The van der Waals surface area contributed by atoms with Crippen LogP contribution in [0.5, 0.6) is 0 Å². The number of nitrogens with two attached hydrogens (primary N) is 1. The predicted octanol–water partition coefficient (Wildman–Crippen LogP) is 2.74. The van der Waals surface area contributed by atoms with E-state index in [-0.39, 0.29) is 6.10 Å². The Kier molecular flexibility index (Phi) is 3.20. The number of likely N-dealkylation sites (tertiary alicyclic amines) is 1. The van der Waals surface area contributed by atoms with Crippen LogP contribution in [0.3, 0.4) is 0 Å². The van der Waals surface area contributed by atoms with Crippen LogP contribution < -0.4 is 5.73 Å². The number of carbonyl (C=O) groups is 1. The molecule has 22 heavy (non-hydrogen) atoms. The predicted molar refractivity (Wildman–Crippen MR) is 87.9 cm³/mol. The average molecular weight is 364 g/mol. The lowest BCUT2D eigenvalue weighted by atomic mass is 9.74. The van der Waals surface area contributed by atoms with E-state index in [1.54, 1.807) is 0 Å². The van der Waals surface area contributed by atoms with E-state index in [0.29, 0.717) is 12.0 Å². The Bertz CT molecular complexity index is 757. The first kappa shape index (κ1) is 14.1. The third-order valence-corrected chi connectivity index (χ3v) is 5.72. The summed E-state index contributed by atoms with van der Waals surface area (Å²) in [6, 6.07) is 6.82. The normalized spacial score (nSPS) is 27.6. The number of aromatic nitrogens is 1. The second-order valence-corrected chi connectivity index (χ2v) is 7.09. The quantitative estimate of drug-likeness (QED) is 0.818. The average Bonchev–Trinajstić information content (AvgIpc) is 2.77. The lowest BCUT2D eigenvalue weighted by Crippen LogP contribution is -2.51. The lowest BCUT2D eigenvalue weighted by Gasteiger charge is -2.45. The van der Waals surface area contributed by atoms with Gasteiger partial charge in [0.2, 0.25) is 0 Å². The molecule has 0 radical (unpaired) electrons. The summed E-state index contributed by atoms with van der Waals surface area (Å²) < 4.78 is 6.36. The summed E-state index contributed by atoms with van der Waals surface area (Å²) in [5, 5.41) is 1.32. The summed E-state index contributed by atoms with van der Waals surface area (Å²) in [6.45, 7) is 0.734. The molecule has 1 aromatic carbocycles. The Hall–Kier alpha value is -1.53. The number of fused-ring (bicyclic) bond motifs is 2. The highest BCUT2D eigenvalue weighted by atomic mass is 79.9. The van der Waals surface area contributed by atoms with Crippen molar-refractivity contribution in [3.05, 3.63) is 33.9 Å². The molecule has 2 aliphatic rings. The summed E-state index contributed by atoms with van der Waals surface area (Å²) in [5.41, 5.74) is 9.07. The highest BCUT2D eigenvalue weighted by Gasteiger charge is 2.41. The van der Waals surface area contributed by atoms with Crippen LogP contribution in [-0.4, -0.2) is 41.7 Å². The molecule has 4 rings (SSSR count). The third-order valence-electron chi connectivity index (χ3n) is 5.04. The molecule has 1 aliphatic carbocycles. The molecule has 1 amide bonds. The van der Waals surface area contributed by atoms with Crippen LogP contribution in [0.25, 0.3) is 10.9 Å². The molecule has 1 fully saturated rings. The molecule has 0 spiro atoms. The summed E-state index contributed by atoms with van der Waals surface area (Å²) in [6.07, 6.45) is 1.01. The number of primary amides is 1. The van der Waals surface area contributed by atoms with Crippen LogP contribution in [0, 0.1) is 0 Å². The zero-order valence-electron chi connectivity index (χ0n) is 12.3. The van der Waals surface area contributed by atoms with E-state index in [2.05, 4.69) is 51.1 Å². The minimum Gasteiger partial charge on any atom is -0.445 e. The van der Waals surface area contributed by atoms with Crippen LogP contribution in [-0.2, 0) is 11.2 Å². The van der Waals surface area contributed by atoms with Gasteiger partial charge in [-0.25, -0.2) is 4.79 Å². The number of piperidine rings is 1. The fraction of sp³-hybridized carbons (Fsp3) is 0.438. The largest absolute Gasteiger partial charge is 0.445 e. The Labute approximate surface area is 136 Å². The molecule has 1 unspecified atom stereocenters. The van der Waals surface area contributed by atoms with Crippen LogP contribution in [0.1, 0.15) is 23.5 Å². The third kappa shape index (κ3) is 2.05. The maximum Gasteiger partial charge on any atom is 0.404 e. The number of amides is 1. The van der Waals surface area contributed by atoms with Crippen molar-refractivity contribution in [1.29, 1.82) is 0 Å². The second kappa shape index (κ2) is 4.99. The Morgan fingerprint density at radius 2 is 2.32 bits per heavy atom. The Morgan fingerprint density at radius 1 is 1.50 bits per heavy atom. The van der Waals surface area contributed by atoms with Crippen LogP contribution >= 0.6 is 15.9 Å². The number of likely N-dealkylation sites (N-methyl/N-ethyl adjacent to an activating group) is 1. The van der Waals surface area contributed by atoms with Crippen molar-refractivity contribution < 1.29 is 9.53 Å². The summed E-state index contributed by atoms with van der Waals surface area (Å²) in [4.78, 5) is 16.8. The summed E-state index contributed by atoms with van der Waals surface area (Å²) in [5.74, 6) is 0.363. The number of nitrogens with zero attached hydrogens (tertiary/aromatic N) is 1. The number of carbonyl (C=O) groups excluding carboxylic acids is 1. The molecule has 2 heterocycles. The number of hydrogen-bond acceptors (Lipinski definition) is 3. The number of rotatable bonds is 1. The first-order valence-electron chi connectivity index (χ1n) is 7.50.